The van der Waals surface area contributed by atoms with Crippen LogP contribution in [0, 0.1) is 16.7 Å². The molecule has 0 aliphatic carbocycles. The number of hydrogen-bond donors (Lipinski definition) is 2. The van der Waals surface area contributed by atoms with Gasteiger partial charge in [0.05, 0.1) is 5.56 Å². The molecule has 0 saturated carbocycles. The van der Waals surface area contributed by atoms with Crippen molar-refractivity contribution in [2.75, 3.05) is 24.5 Å². The first-order valence-corrected chi connectivity index (χ1v) is 8.67. The van der Waals surface area contributed by atoms with Crippen molar-refractivity contribution in [3.05, 3.63) is 23.9 Å². The summed E-state index contributed by atoms with van der Waals surface area (Å²) in [6.45, 7) is 7.77. The number of amides is 1. The van der Waals surface area contributed by atoms with Crippen molar-refractivity contribution in [3.8, 4) is 6.07 Å². The lowest BCUT2D eigenvalue weighted by Crippen LogP contribution is -2.57. The largest absolute Gasteiger partial charge is 0.409 e. The third-order valence-corrected chi connectivity index (χ3v) is 4.80. The first kappa shape index (κ1) is 19.5. The first-order chi connectivity index (χ1) is 12.3. The van der Waals surface area contributed by atoms with Crippen LogP contribution in [0.15, 0.2) is 23.5 Å². The summed E-state index contributed by atoms with van der Waals surface area (Å²) in [5.41, 5.74) is 5.48. The Labute approximate surface area is 153 Å². The van der Waals surface area contributed by atoms with Gasteiger partial charge in [-0.3, -0.25) is 4.79 Å². The molecule has 1 aliphatic heterocycles. The monoisotopic (exact) mass is 358 g/mol. The van der Waals surface area contributed by atoms with Crippen LogP contribution in [0.1, 0.15) is 39.2 Å². The number of nitrogens with zero attached hydrogens (tertiary/aromatic N) is 5. The van der Waals surface area contributed by atoms with Gasteiger partial charge in [-0.2, -0.15) is 5.26 Å². The molecule has 140 valence electrons. The summed E-state index contributed by atoms with van der Waals surface area (Å²) in [6, 6.07) is 5.69. The Morgan fingerprint density at radius 1 is 1.50 bits per heavy atom. The van der Waals surface area contributed by atoms with Gasteiger partial charge in [0.25, 0.3) is 0 Å². The lowest BCUT2D eigenvalue weighted by atomic mass is 9.85. The standard InChI is InChI=1S/C18H26N6O2/c1-13-12-23(16-5-4-14(10-19)11-21-16)8-9-24(13)17(25)18(2,3)7-6-15(20)22-26/h4-5,11,13,26H,6-9,12H2,1-3H3,(H2,20,22). The van der Waals surface area contributed by atoms with E-state index in [2.05, 4.69) is 21.1 Å². The number of anilines is 1. The van der Waals surface area contributed by atoms with Crippen LogP contribution < -0.4 is 10.6 Å². The zero-order chi connectivity index (χ0) is 19.3. The van der Waals surface area contributed by atoms with Crippen LogP contribution in [-0.4, -0.2) is 52.5 Å². The second-order valence-corrected chi connectivity index (χ2v) is 7.29. The lowest BCUT2D eigenvalue weighted by molar-refractivity contribution is -0.143. The SMILES string of the molecule is CC1CN(c2ccc(C#N)cn2)CCN1C(=O)C(C)(C)CC/C(N)=N/O. The Kier molecular flexibility index (Phi) is 6.03. The van der Waals surface area contributed by atoms with Crippen LogP contribution in [0.5, 0.6) is 0 Å². The molecule has 1 aliphatic rings. The van der Waals surface area contributed by atoms with Gasteiger partial charge in [-0.15, -0.1) is 0 Å². The fraction of sp³-hybridized carbons (Fsp3) is 0.556. The number of pyridine rings is 1. The van der Waals surface area contributed by atoms with Crippen molar-refractivity contribution in [1.29, 1.82) is 5.26 Å². The minimum atomic E-state index is -0.585. The maximum atomic E-state index is 13.0. The molecule has 2 heterocycles. The average molecular weight is 358 g/mol. The van der Waals surface area contributed by atoms with E-state index in [1.165, 1.54) is 0 Å². The topological polar surface area (TPSA) is 119 Å². The Morgan fingerprint density at radius 3 is 2.77 bits per heavy atom. The predicted octanol–water partition coefficient (Wildman–Crippen LogP) is 1.54. The number of rotatable bonds is 5. The lowest BCUT2D eigenvalue weighted by Gasteiger charge is -2.43. The molecule has 1 unspecified atom stereocenters. The fourth-order valence-electron chi connectivity index (χ4n) is 3.09. The van der Waals surface area contributed by atoms with Crippen LogP contribution in [0.25, 0.3) is 0 Å². The maximum Gasteiger partial charge on any atom is 0.228 e. The van der Waals surface area contributed by atoms with E-state index >= 15 is 0 Å². The molecule has 8 nitrogen and oxygen atoms in total. The smallest absolute Gasteiger partial charge is 0.228 e. The van der Waals surface area contributed by atoms with Crippen molar-refractivity contribution in [3.63, 3.8) is 0 Å². The molecule has 0 radical (unpaired) electrons. The molecular formula is C18H26N6O2. The number of amidine groups is 1. The predicted molar refractivity (Wildman–Crippen MR) is 98.8 cm³/mol. The third kappa shape index (κ3) is 4.42. The minimum Gasteiger partial charge on any atom is -0.409 e. The molecule has 1 saturated heterocycles. The number of nitriles is 1. The number of aromatic nitrogens is 1. The maximum absolute atomic E-state index is 13.0. The average Bonchev–Trinajstić information content (AvgIpc) is 2.65. The van der Waals surface area contributed by atoms with E-state index in [9.17, 15) is 4.79 Å². The fourth-order valence-corrected chi connectivity index (χ4v) is 3.09. The highest BCUT2D eigenvalue weighted by atomic mass is 16.4. The van der Waals surface area contributed by atoms with Gasteiger partial charge in [0.1, 0.15) is 17.7 Å². The number of carbonyl (C=O) groups is 1. The van der Waals surface area contributed by atoms with Gasteiger partial charge in [0, 0.05) is 43.7 Å². The van der Waals surface area contributed by atoms with E-state index < -0.39 is 5.41 Å². The second-order valence-electron chi connectivity index (χ2n) is 7.29. The van der Waals surface area contributed by atoms with Crippen molar-refractivity contribution in [2.45, 2.75) is 39.7 Å². The third-order valence-electron chi connectivity index (χ3n) is 4.80. The second kappa shape index (κ2) is 8.04. The Bertz CT molecular complexity index is 707. The highest BCUT2D eigenvalue weighted by Gasteiger charge is 2.36. The summed E-state index contributed by atoms with van der Waals surface area (Å²) in [6.07, 6.45) is 2.46. The molecule has 1 atom stereocenters. The summed E-state index contributed by atoms with van der Waals surface area (Å²) in [7, 11) is 0. The number of piperazine rings is 1. The van der Waals surface area contributed by atoms with Gasteiger partial charge >= 0.3 is 0 Å². The Balaban J connectivity index is 2.00. The number of nitrogens with two attached hydrogens (primary N) is 1. The number of hydrogen-bond acceptors (Lipinski definition) is 6. The van der Waals surface area contributed by atoms with E-state index in [-0.39, 0.29) is 17.8 Å². The van der Waals surface area contributed by atoms with Gasteiger partial charge in [-0.05, 0) is 25.5 Å². The Hall–Kier alpha value is -2.82. The zero-order valence-corrected chi connectivity index (χ0v) is 15.5. The molecule has 1 amide bonds. The normalized spacial score (nSPS) is 18.5. The molecule has 3 N–H and O–H groups in total. The van der Waals surface area contributed by atoms with Crippen LogP contribution >= 0.6 is 0 Å². The van der Waals surface area contributed by atoms with E-state index in [0.29, 0.717) is 38.0 Å². The summed E-state index contributed by atoms with van der Waals surface area (Å²) in [4.78, 5) is 21.3. The summed E-state index contributed by atoms with van der Waals surface area (Å²) < 4.78 is 0. The molecule has 1 aromatic heterocycles. The van der Waals surface area contributed by atoms with Crippen LogP contribution in [0.2, 0.25) is 0 Å². The molecular weight excluding hydrogens is 332 g/mol. The van der Waals surface area contributed by atoms with Crippen LogP contribution in [0.4, 0.5) is 5.82 Å². The molecule has 1 fully saturated rings. The molecule has 8 heteroatoms. The first-order valence-electron chi connectivity index (χ1n) is 8.67. The molecule has 2 rings (SSSR count). The van der Waals surface area contributed by atoms with Gasteiger partial charge < -0.3 is 20.7 Å². The number of carbonyl (C=O) groups excluding carboxylic acids is 1. The molecule has 26 heavy (non-hydrogen) atoms. The van der Waals surface area contributed by atoms with Crippen molar-refractivity contribution >= 4 is 17.6 Å². The van der Waals surface area contributed by atoms with Crippen LogP contribution in [-0.2, 0) is 4.79 Å². The summed E-state index contributed by atoms with van der Waals surface area (Å²) >= 11 is 0. The van der Waals surface area contributed by atoms with Crippen LogP contribution in [0.3, 0.4) is 0 Å². The molecule has 1 aromatic rings. The Morgan fingerprint density at radius 2 is 2.23 bits per heavy atom. The molecule has 0 spiro atoms. The zero-order valence-electron chi connectivity index (χ0n) is 15.5. The van der Waals surface area contributed by atoms with Gasteiger partial charge in [-0.1, -0.05) is 19.0 Å². The van der Waals surface area contributed by atoms with Gasteiger partial charge in [0.2, 0.25) is 5.91 Å². The number of oxime groups is 1. The quantitative estimate of drug-likeness (QED) is 0.357. The van der Waals surface area contributed by atoms with E-state index in [1.54, 1.807) is 12.3 Å². The van der Waals surface area contributed by atoms with Crippen molar-refractivity contribution in [2.24, 2.45) is 16.3 Å². The molecule has 0 bridgehead atoms. The van der Waals surface area contributed by atoms with E-state index in [0.717, 1.165) is 5.82 Å². The van der Waals surface area contributed by atoms with Crippen molar-refractivity contribution < 1.29 is 10.0 Å². The van der Waals surface area contributed by atoms with Gasteiger partial charge in [-0.25, -0.2) is 4.98 Å². The minimum absolute atomic E-state index is 0.0387. The highest BCUT2D eigenvalue weighted by molar-refractivity contribution is 5.84. The summed E-state index contributed by atoms with van der Waals surface area (Å²) in [5.74, 6) is 1.02. The van der Waals surface area contributed by atoms with E-state index in [1.807, 2.05) is 31.7 Å². The van der Waals surface area contributed by atoms with E-state index in [4.69, 9.17) is 16.2 Å². The molecule has 0 aromatic carbocycles. The van der Waals surface area contributed by atoms with Crippen molar-refractivity contribution in [1.82, 2.24) is 9.88 Å². The highest BCUT2D eigenvalue weighted by Crippen LogP contribution is 2.28. The summed E-state index contributed by atoms with van der Waals surface area (Å²) in [5, 5.41) is 20.5. The van der Waals surface area contributed by atoms with Gasteiger partial charge in [0.15, 0.2) is 0 Å².